The molecule has 0 heterocycles. The summed E-state index contributed by atoms with van der Waals surface area (Å²) in [6, 6.07) is 17.9. The third kappa shape index (κ3) is 4.84. The Balaban J connectivity index is 0.00000120. The van der Waals surface area contributed by atoms with Crippen molar-refractivity contribution in [3.05, 3.63) is 82.4 Å². The van der Waals surface area contributed by atoms with Crippen molar-refractivity contribution in [1.82, 2.24) is 0 Å². The molecule has 1 saturated carbocycles. The van der Waals surface area contributed by atoms with Crippen LogP contribution in [0, 0.1) is 5.41 Å². The zero-order valence-corrected chi connectivity index (χ0v) is 20.7. The molecule has 1 fully saturated rings. The molecular formula is C26H27Cl2Zr. The number of fused-ring (bicyclic) bond motifs is 2. The van der Waals surface area contributed by atoms with Gasteiger partial charge in [-0.05, 0) is 0 Å². The molecule has 3 heteroatoms. The van der Waals surface area contributed by atoms with Gasteiger partial charge in [0.25, 0.3) is 0 Å². The van der Waals surface area contributed by atoms with Gasteiger partial charge in [-0.1, -0.05) is 0 Å². The third-order valence-electron chi connectivity index (χ3n) is 6.89. The van der Waals surface area contributed by atoms with Gasteiger partial charge in [-0.3, -0.25) is 0 Å². The Kier molecular flexibility index (Phi) is 7.69. The van der Waals surface area contributed by atoms with Crippen LogP contribution in [0.5, 0.6) is 0 Å². The van der Waals surface area contributed by atoms with Crippen molar-refractivity contribution >= 4 is 12.2 Å². The monoisotopic (exact) mass is 499 g/mol. The summed E-state index contributed by atoms with van der Waals surface area (Å²) in [5, 5.41) is 0. The van der Waals surface area contributed by atoms with Gasteiger partial charge in [-0.25, -0.2) is 0 Å². The van der Waals surface area contributed by atoms with Crippen molar-refractivity contribution in [2.45, 2.75) is 54.5 Å². The average molecular weight is 502 g/mol. The fourth-order valence-electron chi connectivity index (χ4n) is 5.27. The van der Waals surface area contributed by atoms with Crippen molar-refractivity contribution in [3.63, 3.8) is 0 Å². The molecule has 2 atom stereocenters. The van der Waals surface area contributed by atoms with Crippen LogP contribution in [0.15, 0.2) is 60.2 Å². The fraction of sp³-hybridized carbons (Fsp3) is 0.385. The molecule has 149 valence electrons. The molecule has 2 unspecified atom stereocenters. The Bertz CT molecular complexity index is 910. The molecule has 0 amide bonds. The Hall–Kier alpha value is -0.617. The van der Waals surface area contributed by atoms with Gasteiger partial charge in [0.2, 0.25) is 0 Å². The number of benzene rings is 2. The number of allylic oxidation sites excluding steroid dienone is 2. The van der Waals surface area contributed by atoms with Gasteiger partial charge < -0.3 is 24.8 Å². The van der Waals surface area contributed by atoms with E-state index in [4.69, 9.17) is 0 Å². The second-order valence-electron chi connectivity index (χ2n) is 8.80. The van der Waals surface area contributed by atoms with Crippen molar-refractivity contribution in [1.29, 1.82) is 0 Å². The van der Waals surface area contributed by atoms with Gasteiger partial charge in [0.15, 0.2) is 0 Å². The topological polar surface area (TPSA) is 0 Å². The summed E-state index contributed by atoms with van der Waals surface area (Å²) in [7, 11) is 0. The van der Waals surface area contributed by atoms with E-state index in [9.17, 15) is 0 Å². The van der Waals surface area contributed by atoms with Crippen molar-refractivity contribution in [2.24, 2.45) is 5.41 Å². The van der Waals surface area contributed by atoms with E-state index in [0.717, 1.165) is 3.63 Å². The van der Waals surface area contributed by atoms with E-state index in [1.807, 2.05) is 0 Å². The third-order valence-corrected chi connectivity index (χ3v) is 8.10. The van der Waals surface area contributed by atoms with E-state index in [-0.39, 0.29) is 24.8 Å². The zero-order valence-electron chi connectivity index (χ0n) is 16.7. The predicted octanol–water partition coefficient (Wildman–Crippen LogP) is 1.12. The molecule has 3 aliphatic carbocycles. The van der Waals surface area contributed by atoms with E-state index >= 15 is 0 Å². The first-order chi connectivity index (χ1) is 13.2. The average Bonchev–Trinajstić information content (AvgIpc) is 3.15. The standard InChI is InChI=1S/C26H27.2ClH.Zr/c1(2-8-20-18-22-10-3-4-11-23(22)19-20)7-15-26(16-17-26)25-14-13-21-9-5-6-12-24(21)25;;;/h3-7,9-14,18,25H,1-2,8,15-17,19H2;2*1H;/q;;;+2/p-2. The molecule has 2 aromatic rings. The Morgan fingerprint density at radius 1 is 0.966 bits per heavy atom. The van der Waals surface area contributed by atoms with Crippen LogP contribution in [0.4, 0.5) is 0 Å². The molecule has 2 aromatic carbocycles. The molecule has 0 bridgehead atoms. The fourth-order valence-corrected chi connectivity index (χ4v) is 6.77. The van der Waals surface area contributed by atoms with Crippen LogP contribution >= 0.6 is 0 Å². The first-order valence-corrected chi connectivity index (χ1v) is 11.9. The van der Waals surface area contributed by atoms with Crippen LogP contribution in [-0.2, 0) is 31.1 Å². The van der Waals surface area contributed by atoms with Crippen LogP contribution in [0.2, 0.25) is 3.63 Å². The first-order valence-electron chi connectivity index (χ1n) is 10.5. The molecule has 0 saturated heterocycles. The van der Waals surface area contributed by atoms with E-state index in [1.54, 1.807) is 35.9 Å². The molecule has 29 heavy (non-hydrogen) atoms. The molecule has 0 aliphatic heterocycles. The second-order valence-corrected chi connectivity index (χ2v) is 10.8. The van der Waals surface area contributed by atoms with Gasteiger partial charge in [0, 0.05) is 0 Å². The maximum absolute atomic E-state index is 2.50. The molecule has 3 aliphatic rings. The normalized spacial score (nSPS) is 20.8. The summed E-state index contributed by atoms with van der Waals surface area (Å²) in [4.78, 5) is 0. The number of halogens is 2. The van der Waals surface area contributed by atoms with E-state index in [2.05, 4.69) is 66.8 Å². The van der Waals surface area contributed by atoms with Gasteiger partial charge in [-0.15, -0.1) is 0 Å². The van der Waals surface area contributed by atoms with Crippen molar-refractivity contribution in [2.75, 3.05) is 0 Å². The summed E-state index contributed by atoms with van der Waals surface area (Å²) in [6.45, 7) is 0. The van der Waals surface area contributed by atoms with Gasteiger partial charge in [-0.2, -0.15) is 0 Å². The zero-order chi connectivity index (χ0) is 18.3. The van der Waals surface area contributed by atoms with Crippen LogP contribution in [0.25, 0.3) is 12.2 Å². The van der Waals surface area contributed by atoms with Gasteiger partial charge >= 0.3 is 179 Å². The van der Waals surface area contributed by atoms with Crippen molar-refractivity contribution in [3.8, 4) is 0 Å². The number of hydrogen-bond acceptors (Lipinski definition) is 0. The second kappa shape index (κ2) is 9.68. The molecule has 0 N–H and O–H groups in total. The molecular weight excluding hydrogens is 474 g/mol. The van der Waals surface area contributed by atoms with Crippen LogP contribution in [-0.4, -0.2) is 0 Å². The predicted molar refractivity (Wildman–Crippen MR) is 110 cm³/mol. The Labute approximate surface area is 202 Å². The Morgan fingerprint density at radius 2 is 1.69 bits per heavy atom. The van der Waals surface area contributed by atoms with E-state index in [0.29, 0.717) is 11.3 Å². The van der Waals surface area contributed by atoms with Crippen LogP contribution in [0.1, 0.15) is 66.7 Å². The Morgan fingerprint density at radius 3 is 2.45 bits per heavy atom. The first kappa shape index (κ1) is 23.1. The van der Waals surface area contributed by atoms with Gasteiger partial charge in [0.05, 0.1) is 0 Å². The van der Waals surface area contributed by atoms with E-state index < -0.39 is 0 Å². The van der Waals surface area contributed by atoms with Crippen LogP contribution < -0.4 is 24.8 Å². The summed E-state index contributed by atoms with van der Waals surface area (Å²) in [5.41, 5.74) is 8.26. The van der Waals surface area contributed by atoms with Gasteiger partial charge in [0.1, 0.15) is 0 Å². The van der Waals surface area contributed by atoms with E-state index in [1.165, 1.54) is 61.6 Å². The van der Waals surface area contributed by atoms with Crippen molar-refractivity contribution < 1.29 is 49.5 Å². The summed E-state index contributed by atoms with van der Waals surface area (Å²) in [6.07, 6.45) is 16.9. The molecule has 0 radical (unpaired) electrons. The molecule has 0 spiro atoms. The summed E-state index contributed by atoms with van der Waals surface area (Å²) >= 11 is 1.75. The number of rotatable bonds is 7. The maximum atomic E-state index is 2.50. The minimum absolute atomic E-state index is 0. The SMILES string of the molecule is [Cl-].[Cl-].[Zr+2][CH](CCCC1=Cc2ccccc2C1)CC1(C2C=Cc3ccccc32)CC1. The summed E-state index contributed by atoms with van der Waals surface area (Å²) < 4.78 is 0.922. The molecule has 0 aromatic heterocycles. The molecule has 0 nitrogen and oxygen atoms in total. The van der Waals surface area contributed by atoms with Crippen LogP contribution in [0.3, 0.4) is 0 Å². The molecule has 5 rings (SSSR count). The quantitative estimate of drug-likeness (QED) is 0.534. The summed E-state index contributed by atoms with van der Waals surface area (Å²) in [5.74, 6) is 0.684. The minimum atomic E-state index is 0. The number of hydrogen-bond donors (Lipinski definition) is 0.